The summed E-state index contributed by atoms with van der Waals surface area (Å²) in [6.45, 7) is -0.784. The molecule has 5 atom stereocenters. The van der Waals surface area contributed by atoms with E-state index in [1.165, 1.54) is 12.1 Å². The van der Waals surface area contributed by atoms with Crippen LogP contribution in [0.2, 0.25) is 0 Å². The first-order valence-corrected chi connectivity index (χ1v) is 6.16. The largest absolute Gasteiger partial charge is 0.508 e. The maximum absolute atomic E-state index is 9.79. The smallest absolute Gasteiger partial charge is 0.115 e. The predicted octanol–water partition coefficient (Wildman–Crippen LogP) is -2.27. The van der Waals surface area contributed by atoms with Gasteiger partial charge in [0.05, 0.1) is 12.7 Å². The van der Waals surface area contributed by atoms with Gasteiger partial charge in [0.1, 0.15) is 30.2 Å². The summed E-state index contributed by atoms with van der Waals surface area (Å²) in [6.07, 6.45) is -8.40. The van der Waals surface area contributed by atoms with Gasteiger partial charge in [-0.15, -0.1) is 0 Å². The lowest BCUT2D eigenvalue weighted by atomic mass is 9.95. The van der Waals surface area contributed by atoms with Crippen molar-refractivity contribution in [3.05, 3.63) is 29.8 Å². The van der Waals surface area contributed by atoms with Gasteiger partial charge in [-0.2, -0.15) is 0 Å². The number of aliphatic hydroxyl groups is 6. The van der Waals surface area contributed by atoms with Gasteiger partial charge in [0.2, 0.25) is 0 Å². The maximum Gasteiger partial charge on any atom is 0.115 e. The van der Waals surface area contributed by atoms with Crippen molar-refractivity contribution in [3.8, 4) is 5.75 Å². The van der Waals surface area contributed by atoms with Crippen LogP contribution in [-0.2, 0) is 6.42 Å². The molecule has 7 nitrogen and oxygen atoms in total. The van der Waals surface area contributed by atoms with Gasteiger partial charge in [-0.25, -0.2) is 0 Å². The van der Waals surface area contributed by atoms with Gasteiger partial charge in [-0.3, -0.25) is 0 Å². The molecule has 7 N–H and O–H groups in total. The summed E-state index contributed by atoms with van der Waals surface area (Å²) in [5.41, 5.74) is 0.529. The highest BCUT2D eigenvalue weighted by atomic mass is 16.4. The van der Waals surface area contributed by atoms with Crippen LogP contribution >= 0.6 is 0 Å². The Balaban J connectivity index is 2.64. The second-order valence-electron chi connectivity index (χ2n) is 4.66. The highest BCUT2D eigenvalue weighted by Crippen LogP contribution is 2.16. The van der Waals surface area contributed by atoms with E-state index in [2.05, 4.69) is 0 Å². The number of rotatable bonds is 7. The quantitative estimate of drug-likeness (QED) is 0.300. The van der Waals surface area contributed by atoms with E-state index in [1.54, 1.807) is 12.1 Å². The van der Waals surface area contributed by atoms with Crippen molar-refractivity contribution in [2.24, 2.45) is 0 Å². The molecular formula is C13H20O7. The van der Waals surface area contributed by atoms with E-state index < -0.39 is 37.1 Å². The molecule has 114 valence electrons. The molecule has 1 rings (SSSR count). The van der Waals surface area contributed by atoms with Crippen LogP contribution in [-0.4, -0.2) is 72.9 Å². The highest BCUT2D eigenvalue weighted by Gasteiger charge is 2.33. The number of aliphatic hydroxyl groups excluding tert-OH is 6. The molecule has 0 bridgehead atoms. The summed E-state index contributed by atoms with van der Waals surface area (Å²) < 4.78 is 0. The molecule has 20 heavy (non-hydrogen) atoms. The van der Waals surface area contributed by atoms with Gasteiger partial charge in [-0.05, 0) is 17.7 Å². The topological polar surface area (TPSA) is 142 Å². The van der Waals surface area contributed by atoms with Gasteiger partial charge < -0.3 is 35.7 Å². The summed E-state index contributed by atoms with van der Waals surface area (Å²) in [5, 5.41) is 65.6. The molecule has 1 aromatic rings. The molecule has 0 aromatic heterocycles. The number of aromatic hydroxyl groups is 1. The van der Waals surface area contributed by atoms with Crippen LogP contribution in [0, 0.1) is 0 Å². The van der Waals surface area contributed by atoms with Crippen LogP contribution in [0.25, 0.3) is 0 Å². The molecule has 0 radical (unpaired) electrons. The number of phenols is 1. The standard InChI is InChI=1S/C13H20O7/c14-6-10(17)12(19)13(20)11(18)9(16)5-7-2-1-3-8(15)4-7/h1-4,9-20H,5-6H2/t9?,10-,11+,12+,13+/m0/s1. The Labute approximate surface area is 116 Å². The Bertz CT molecular complexity index is 411. The van der Waals surface area contributed by atoms with E-state index in [-0.39, 0.29) is 12.2 Å². The average molecular weight is 288 g/mol. The summed E-state index contributed by atoms with van der Waals surface area (Å²) in [5.74, 6) is 0.000440. The monoisotopic (exact) mass is 288 g/mol. The zero-order valence-electron chi connectivity index (χ0n) is 10.7. The van der Waals surface area contributed by atoms with Gasteiger partial charge in [0.15, 0.2) is 0 Å². The van der Waals surface area contributed by atoms with Crippen LogP contribution in [0.15, 0.2) is 24.3 Å². The van der Waals surface area contributed by atoms with Crippen LogP contribution in [0.1, 0.15) is 5.56 Å². The molecule has 0 aliphatic heterocycles. The second-order valence-corrected chi connectivity index (χ2v) is 4.66. The summed E-state index contributed by atoms with van der Waals surface area (Å²) in [6, 6.07) is 6.01. The van der Waals surface area contributed by atoms with Crippen LogP contribution < -0.4 is 0 Å². The minimum Gasteiger partial charge on any atom is -0.508 e. The highest BCUT2D eigenvalue weighted by molar-refractivity contribution is 5.27. The number of hydrogen-bond acceptors (Lipinski definition) is 7. The van der Waals surface area contributed by atoms with Crippen LogP contribution in [0.4, 0.5) is 0 Å². The first-order chi connectivity index (χ1) is 9.36. The fourth-order valence-electron chi connectivity index (χ4n) is 1.81. The Hall–Kier alpha value is -1.22. The molecule has 0 amide bonds. The predicted molar refractivity (Wildman–Crippen MR) is 68.9 cm³/mol. The van der Waals surface area contributed by atoms with Crippen molar-refractivity contribution in [2.45, 2.75) is 36.9 Å². The fourth-order valence-corrected chi connectivity index (χ4v) is 1.81. The third kappa shape index (κ3) is 4.41. The number of benzene rings is 1. The minimum absolute atomic E-state index is 0.000440. The van der Waals surface area contributed by atoms with E-state index in [0.29, 0.717) is 5.56 Å². The zero-order chi connectivity index (χ0) is 15.3. The zero-order valence-corrected chi connectivity index (χ0v) is 10.7. The first kappa shape index (κ1) is 16.8. The Morgan fingerprint density at radius 1 is 0.850 bits per heavy atom. The van der Waals surface area contributed by atoms with E-state index in [4.69, 9.17) is 10.2 Å². The van der Waals surface area contributed by atoms with E-state index in [9.17, 15) is 25.5 Å². The molecule has 0 heterocycles. The fraction of sp³-hybridized carbons (Fsp3) is 0.538. The van der Waals surface area contributed by atoms with Crippen LogP contribution in [0.5, 0.6) is 5.75 Å². The first-order valence-electron chi connectivity index (χ1n) is 6.16. The summed E-state index contributed by atoms with van der Waals surface area (Å²) in [7, 11) is 0. The summed E-state index contributed by atoms with van der Waals surface area (Å²) in [4.78, 5) is 0. The molecular weight excluding hydrogens is 268 g/mol. The average Bonchev–Trinajstić information content (AvgIpc) is 2.43. The lowest BCUT2D eigenvalue weighted by molar-refractivity contribution is -0.139. The lowest BCUT2D eigenvalue weighted by Gasteiger charge is -2.28. The SMILES string of the molecule is OC[C@H](O)[C@@H](O)[C@H](O)[C@H](O)C(O)Cc1cccc(O)c1. The van der Waals surface area contributed by atoms with Crippen molar-refractivity contribution >= 4 is 0 Å². The van der Waals surface area contributed by atoms with Crippen molar-refractivity contribution < 1.29 is 35.7 Å². The lowest BCUT2D eigenvalue weighted by Crippen LogP contribution is -2.50. The van der Waals surface area contributed by atoms with Crippen molar-refractivity contribution in [2.75, 3.05) is 6.61 Å². The maximum atomic E-state index is 9.79. The number of hydrogen-bond donors (Lipinski definition) is 7. The molecule has 0 saturated carbocycles. The molecule has 7 heteroatoms. The molecule has 0 aliphatic rings. The third-order valence-corrected chi connectivity index (χ3v) is 3.03. The number of phenolic OH excluding ortho intramolecular Hbond substituents is 1. The van der Waals surface area contributed by atoms with E-state index >= 15 is 0 Å². The molecule has 1 aromatic carbocycles. The van der Waals surface area contributed by atoms with Crippen molar-refractivity contribution in [3.63, 3.8) is 0 Å². The van der Waals surface area contributed by atoms with Crippen molar-refractivity contribution in [1.29, 1.82) is 0 Å². The summed E-state index contributed by atoms with van der Waals surface area (Å²) >= 11 is 0. The van der Waals surface area contributed by atoms with Gasteiger partial charge in [0, 0.05) is 6.42 Å². The van der Waals surface area contributed by atoms with Gasteiger partial charge >= 0.3 is 0 Å². The third-order valence-electron chi connectivity index (χ3n) is 3.03. The van der Waals surface area contributed by atoms with Gasteiger partial charge in [0.25, 0.3) is 0 Å². The molecule has 1 unspecified atom stereocenters. The van der Waals surface area contributed by atoms with Gasteiger partial charge in [-0.1, -0.05) is 12.1 Å². The minimum atomic E-state index is -1.82. The van der Waals surface area contributed by atoms with Crippen molar-refractivity contribution in [1.82, 2.24) is 0 Å². The Morgan fingerprint density at radius 3 is 2.00 bits per heavy atom. The van der Waals surface area contributed by atoms with E-state index in [0.717, 1.165) is 0 Å². The Kier molecular flexibility index (Phi) is 6.34. The van der Waals surface area contributed by atoms with Crippen LogP contribution in [0.3, 0.4) is 0 Å². The Morgan fingerprint density at radius 2 is 1.45 bits per heavy atom. The molecule has 0 aliphatic carbocycles. The normalized spacial score (nSPS) is 19.1. The molecule has 0 saturated heterocycles. The molecule has 0 spiro atoms. The van der Waals surface area contributed by atoms with E-state index in [1.807, 2.05) is 0 Å². The molecule has 0 fully saturated rings. The second kappa shape index (κ2) is 7.53.